The van der Waals surface area contributed by atoms with Crippen molar-refractivity contribution in [2.24, 2.45) is 23.3 Å². The first-order valence-electron chi connectivity index (χ1n) is 46.4. The van der Waals surface area contributed by atoms with E-state index in [0.29, 0.717) is 107 Å². The van der Waals surface area contributed by atoms with E-state index in [9.17, 15) is 101 Å². The number of nitrogens with one attached hydrogen (secondary N) is 10. The number of nitrogens with zero attached hydrogens (tertiary/aromatic N) is 2. The highest BCUT2D eigenvalue weighted by Gasteiger charge is 2.45. The highest BCUT2D eigenvalue weighted by Crippen LogP contribution is 2.51. The van der Waals surface area contributed by atoms with Crippen molar-refractivity contribution in [2.45, 2.75) is 272 Å². The predicted octanol–water partition coefficient (Wildman–Crippen LogP) is 5.36. The highest BCUT2D eigenvalue weighted by atomic mass is 32.2. The number of aliphatic hydroxyl groups is 1. The molecule has 2 aliphatic carbocycles. The van der Waals surface area contributed by atoms with E-state index in [1.165, 1.54) is 4.90 Å². The van der Waals surface area contributed by atoms with E-state index in [4.69, 9.17) is 30.4 Å². The summed E-state index contributed by atoms with van der Waals surface area (Å²) in [6.45, 7) is 5.57. The Hall–Kier alpha value is -10.0. The molecule has 2 aromatic carbocycles. The van der Waals surface area contributed by atoms with Crippen LogP contribution in [-0.4, -0.2) is 256 Å². The Labute approximate surface area is 781 Å². The average molecular weight is 1900 g/mol. The van der Waals surface area contributed by atoms with Crippen LogP contribution in [0.4, 0.5) is 16.2 Å². The van der Waals surface area contributed by atoms with Gasteiger partial charge in [-0.05, 0) is 189 Å². The van der Waals surface area contributed by atoms with Gasteiger partial charge in [0.2, 0.25) is 65.0 Å². The Morgan fingerprint density at radius 2 is 1.17 bits per heavy atom. The average Bonchev–Trinajstić information content (AvgIpc) is 1.74. The number of unbranched alkanes of at least 4 members (excludes halogenated alkanes) is 3. The number of urea groups is 1. The fraction of sp³-hybridized carbons (Fsp3) is 0.641. The molecular weight excluding hydrogens is 1760 g/mol. The molecule has 1 aromatic heterocycles. The van der Waals surface area contributed by atoms with Gasteiger partial charge in [0, 0.05) is 146 Å². The van der Waals surface area contributed by atoms with E-state index in [0.717, 1.165) is 36.2 Å². The Kier molecular flexibility index (Phi) is 51.3. The summed E-state index contributed by atoms with van der Waals surface area (Å²) < 4.78 is 33.9. The van der Waals surface area contributed by atoms with E-state index in [-0.39, 0.29) is 266 Å². The molecular formula is C92H139N14O25PS. The number of imide groups is 1. The fourth-order valence-corrected chi connectivity index (χ4v) is 17.0. The number of hydrogen-bond donors (Lipinski definition) is 16. The molecule has 1 saturated heterocycles. The van der Waals surface area contributed by atoms with Gasteiger partial charge in [-0.25, -0.2) is 4.79 Å². The van der Waals surface area contributed by atoms with Crippen LogP contribution in [0.25, 0.3) is 0 Å². The summed E-state index contributed by atoms with van der Waals surface area (Å²) in [6, 6.07) is 12.6. The number of benzene rings is 2. The number of nitrogens with two attached hydrogens (primary N) is 2. The van der Waals surface area contributed by atoms with Crippen molar-refractivity contribution >= 4 is 125 Å². The van der Waals surface area contributed by atoms with Gasteiger partial charge in [0.05, 0.1) is 57.4 Å². The normalized spacial score (nSPS) is 16.7. The van der Waals surface area contributed by atoms with Crippen LogP contribution in [0.3, 0.4) is 0 Å². The van der Waals surface area contributed by atoms with Crippen molar-refractivity contribution in [3.8, 4) is 0 Å². The molecule has 2 heterocycles. The van der Waals surface area contributed by atoms with Gasteiger partial charge in [-0.1, -0.05) is 55.7 Å². The minimum Gasteiger partial charge on any atom is -0.481 e. The van der Waals surface area contributed by atoms with Gasteiger partial charge in [-0.2, -0.15) is 0 Å². The molecule has 6 rings (SSSR count). The number of pyridine rings is 1. The van der Waals surface area contributed by atoms with Crippen LogP contribution in [0.15, 0.2) is 73.1 Å². The molecule has 0 radical (unpaired) electrons. The lowest BCUT2D eigenvalue weighted by molar-refractivity contribution is -0.140. The lowest BCUT2D eigenvalue weighted by Gasteiger charge is -2.38. The van der Waals surface area contributed by atoms with E-state index in [1.807, 2.05) is 25.1 Å². The van der Waals surface area contributed by atoms with Crippen molar-refractivity contribution in [2.75, 3.05) is 102 Å². The van der Waals surface area contributed by atoms with Crippen molar-refractivity contribution in [3.63, 3.8) is 0 Å². The third-order valence-electron chi connectivity index (χ3n) is 23.5. The van der Waals surface area contributed by atoms with E-state index < -0.39 is 101 Å². The van der Waals surface area contributed by atoms with Crippen molar-refractivity contribution in [3.05, 3.63) is 89.7 Å². The number of likely N-dealkylation sites (tertiary alicyclic amines) is 1. The SMILES string of the molecule is Cc1ccccc1NC(=O)Nc1ccc(CC(=O)N[C@@H](CCCCNC(=O)CCc2cccnc2)C(=O)N[C@@H](CCCC(=O)O)C(=O)NC2(C(=O)NCCOCCOCCCC(=O)CCC(=O)NCCOCCOCCCC(=O)CCC(=O)N[C@@H](CCCCNC(=O)[C@H](N)CSC3CC(=O)N(CC4CCC(C(=O)CCCCC(C)(O)P(=O)(O)O)CC4)C3=O)C(N)=O)CCCCC2)cc1. The van der Waals surface area contributed by atoms with Gasteiger partial charge < -0.3 is 104 Å². The largest absolute Gasteiger partial charge is 0.481 e. The van der Waals surface area contributed by atoms with Gasteiger partial charge in [0.15, 0.2) is 5.34 Å². The number of carbonyl (C=O) groups excluding carboxylic acids is 15. The summed E-state index contributed by atoms with van der Waals surface area (Å²) >= 11 is 1.13. The Bertz CT molecular complexity index is 4300. The number of aryl methyl sites for hydroxylation is 2. The van der Waals surface area contributed by atoms with Gasteiger partial charge in [-0.15, -0.1) is 11.8 Å². The number of amides is 13. The van der Waals surface area contributed by atoms with Gasteiger partial charge in [0.1, 0.15) is 41.0 Å². The molecule has 3 fully saturated rings. The summed E-state index contributed by atoms with van der Waals surface area (Å²) in [5.74, 6) is -6.75. The molecule has 3 aliphatic rings. The first kappa shape index (κ1) is 112. The minimum atomic E-state index is -4.69. The van der Waals surface area contributed by atoms with Gasteiger partial charge in [0.25, 0.3) is 0 Å². The summed E-state index contributed by atoms with van der Waals surface area (Å²) in [5, 5.41) is 44.6. The Morgan fingerprint density at radius 3 is 1.79 bits per heavy atom. The standard InChI is InChI=1S/C92H139N14O25PS/c1-63-18-4-5-22-72(63)104-90(123)100-68-35-30-64(31-36-68)58-81(113)102-74(24-8-12-46-96-78(110)39-32-65-19-15-45-95-60-65)86(119)103-75(25-14-27-83(115)116)87(120)105-92(43-9-3-10-44-92)89(122)99-49-53-131-57-55-129-50-16-20-69(107)37-40-79(111)97-48-52-130-56-54-128-51-17-21-70(108)38-41-80(112)101-73(84(94)117)23-7-13-47-98-85(118)71(93)62-133-77-59-82(114)106(88(77)121)61-66-28-33-67(34-29-66)76(109)26-6-11-42-91(2,124)132(125,126)127/h4-5,15,18-19,22,30-31,35-36,45,60,66-67,71,73-75,77,124H,3,6-14,16-17,20-21,23-29,32-34,37-44,46-59,61-62,93H2,1-2H3,(H2,94,117)(H,96,110)(H,97,111)(H,98,118)(H,99,122)(H,101,112)(H,102,113)(H,103,119)(H,105,120)(H,115,116)(H2,100,104,123)(H2,125,126,127)/t66?,67?,71-,73+,74+,75+,77?,91?/m1/s1. The zero-order chi connectivity index (χ0) is 97.0. The first-order chi connectivity index (χ1) is 63.6. The van der Waals surface area contributed by atoms with Crippen LogP contribution < -0.4 is 64.6 Å². The molecule has 0 spiro atoms. The number of ketones is 3. The maximum atomic E-state index is 14.4. The zero-order valence-corrected chi connectivity index (χ0v) is 78.4. The number of anilines is 2. The minimum absolute atomic E-state index is 0.00458. The third-order valence-corrected chi connectivity index (χ3v) is 26.3. The van der Waals surface area contributed by atoms with Crippen LogP contribution in [0.5, 0.6) is 0 Å². The monoisotopic (exact) mass is 1900 g/mol. The molecule has 1 aliphatic heterocycles. The van der Waals surface area contributed by atoms with Crippen molar-refractivity contribution < 1.29 is 120 Å². The number of carboxylic acid groups (broad SMARTS) is 1. The molecule has 0 bridgehead atoms. The van der Waals surface area contributed by atoms with Crippen molar-refractivity contribution in [1.29, 1.82) is 0 Å². The smallest absolute Gasteiger partial charge is 0.356 e. The molecule has 738 valence electrons. The van der Waals surface area contributed by atoms with E-state index >= 15 is 0 Å². The summed E-state index contributed by atoms with van der Waals surface area (Å²) in [6.07, 6.45) is 12.2. The number of aromatic nitrogens is 1. The Morgan fingerprint density at radius 1 is 0.579 bits per heavy atom. The molecule has 18 N–H and O–H groups in total. The van der Waals surface area contributed by atoms with Crippen LogP contribution >= 0.6 is 19.4 Å². The highest BCUT2D eigenvalue weighted by molar-refractivity contribution is 8.00. The van der Waals surface area contributed by atoms with Crippen LogP contribution in [0.1, 0.15) is 229 Å². The number of ether oxygens (including phenoxy) is 4. The molecule has 41 heteroatoms. The predicted molar refractivity (Wildman–Crippen MR) is 494 cm³/mol. The quantitative estimate of drug-likeness (QED) is 0.0192. The molecule has 39 nitrogen and oxygen atoms in total. The third kappa shape index (κ3) is 44.3. The molecule has 2 unspecified atom stereocenters. The number of Topliss-reactive ketones (excluding diaryl/α,β-unsaturated/α-hetero) is 3. The topological polar surface area (TPSA) is 596 Å². The lowest BCUT2D eigenvalue weighted by Crippen LogP contribution is -2.63. The molecule has 3 aromatic rings. The van der Waals surface area contributed by atoms with Gasteiger partial charge in [-0.3, -0.25) is 86.4 Å². The number of primary amides is 1. The molecule has 133 heavy (non-hydrogen) atoms. The second-order valence-electron chi connectivity index (χ2n) is 34.4. The first-order valence-corrected chi connectivity index (χ1v) is 49.1. The summed E-state index contributed by atoms with van der Waals surface area (Å²) in [5.41, 5.74) is 13.8. The maximum Gasteiger partial charge on any atom is 0.356 e. The van der Waals surface area contributed by atoms with Crippen LogP contribution in [-0.2, 0) is 108 Å². The maximum absolute atomic E-state index is 14.4. The number of aliphatic carboxylic acids is 1. The van der Waals surface area contributed by atoms with Gasteiger partial charge >= 0.3 is 19.6 Å². The number of carbonyl (C=O) groups is 16. The van der Waals surface area contributed by atoms with Crippen LogP contribution in [0.2, 0.25) is 0 Å². The number of rotatable bonds is 68. The second-order valence-corrected chi connectivity index (χ2v) is 37.6. The number of thioether (sulfide) groups is 1. The summed E-state index contributed by atoms with van der Waals surface area (Å²) in [4.78, 5) is 232. The number of para-hydroxylation sites is 1. The lowest BCUT2D eigenvalue weighted by atomic mass is 9.79. The summed E-state index contributed by atoms with van der Waals surface area (Å²) in [7, 11) is -4.69. The number of hydrogen-bond acceptors (Lipinski definition) is 25. The molecule has 13 amide bonds. The fourth-order valence-electron chi connectivity index (χ4n) is 15.5. The molecule has 2 saturated carbocycles. The van der Waals surface area contributed by atoms with E-state index in [1.54, 1.807) is 54.9 Å². The number of carboxylic acids is 1. The van der Waals surface area contributed by atoms with E-state index in [2.05, 4.69) is 58.2 Å². The zero-order valence-electron chi connectivity index (χ0n) is 76.7. The second kappa shape index (κ2) is 61.1. The van der Waals surface area contributed by atoms with Crippen LogP contribution in [0, 0.1) is 18.8 Å². The molecule has 6 atom stereocenters. The van der Waals surface area contributed by atoms with Crippen molar-refractivity contribution in [1.82, 2.24) is 52.4 Å². The Balaban J connectivity index is 0.760.